The van der Waals surface area contributed by atoms with E-state index in [1.165, 1.54) is 29.3 Å². The minimum atomic E-state index is -0.594. The lowest BCUT2D eigenvalue weighted by Gasteiger charge is -2.29. The molecule has 1 aliphatic heterocycles. The maximum atomic E-state index is 14.7. The Bertz CT molecular complexity index is 2090. The van der Waals surface area contributed by atoms with Crippen LogP contribution in [-0.2, 0) is 0 Å². The zero-order chi connectivity index (χ0) is 31.8. The van der Waals surface area contributed by atoms with Gasteiger partial charge in [-0.25, -0.2) is 9.99 Å². The molecule has 46 heavy (non-hydrogen) atoms. The lowest BCUT2D eigenvalue weighted by molar-refractivity contribution is -0.385. The number of fused-ring (bicyclic) bond motifs is 2. The predicted octanol–water partition coefficient (Wildman–Crippen LogP) is 8.16. The molecule has 226 valence electrons. The van der Waals surface area contributed by atoms with E-state index in [2.05, 4.69) is 0 Å². The van der Waals surface area contributed by atoms with Crippen molar-refractivity contribution >= 4 is 40.0 Å². The Kier molecular flexibility index (Phi) is 7.38. The maximum Gasteiger partial charge on any atom is 0.275 e. The van der Waals surface area contributed by atoms with E-state index in [0.717, 1.165) is 17.6 Å². The third-order valence-electron chi connectivity index (χ3n) is 8.57. The van der Waals surface area contributed by atoms with Crippen LogP contribution in [0.3, 0.4) is 0 Å². The molecule has 5 aromatic rings. The van der Waals surface area contributed by atoms with Gasteiger partial charge in [-0.1, -0.05) is 72.8 Å². The van der Waals surface area contributed by atoms with Crippen LogP contribution in [0.2, 0.25) is 0 Å². The van der Waals surface area contributed by atoms with Crippen LogP contribution < -0.4 is 0 Å². The van der Waals surface area contributed by atoms with Gasteiger partial charge in [0, 0.05) is 41.1 Å². The molecule has 0 saturated heterocycles. The lowest BCUT2D eigenvalue weighted by atomic mass is 9.77. The number of carbonyl (C=O) groups is 1. The van der Waals surface area contributed by atoms with E-state index < -0.39 is 15.9 Å². The fraction of sp³-hybridized carbons (Fsp3) is 0.139. The van der Waals surface area contributed by atoms with Crippen molar-refractivity contribution in [1.82, 2.24) is 9.99 Å². The van der Waals surface area contributed by atoms with Gasteiger partial charge in [0.25, 0.3) is 17.3 Å². The Balaban J connectivity index is 1.38. The van der Waals surface area contributed by atoms with E-state index in [1.807, 2.05) is 60.7 Å². The summed E-state index contributed by atoms with van der Waals surface area (Å²) in [6.07, 6.45) is 4.09. The second kappa shape index (κ2) is 11.8. The van der Waals surface area contributed by atoms with Gasteiger partial charge in [0.15, 0.2) is 0 Å². The van der Waals surface area contributed by atoms with Crippen molar-refractivity contribution in [2.75, 3.05) is 0 Å². The van der Waals surface area contributed by atoms with Crippen LogP contribution in [0.1, 0.15) is 46.8 Å². The summed E-state index contributed by atoms with van der Waals surface area (Å²) in [6.45, 7) is 0. The van der Waals surface area contributed by atoms with Crippen LogP contribution in [0, 0.1) is 26.1 Å². The van der Waals surface area contributed by atoms with Crippen molar-refractivity contribution in [2.24, 2.45) is 11.0 Å². The molecule has 0 N–H and O–H groups in total. The monoisotopic (exact) mass is 609 g/mol. The number of rotatable bonds is 6. The average molecular weight is 610 g/mol. The van der Waals surface area contributed by atoms with E-state index >= 15 is 0 Å². The van der Waals surface area contributed by atoms with Crippen LogP contribution in [0.5, 0.6) is 0 Å². The summed E-state index contributed by atoms with van der Waals surface area (Å²) < 4.78 is 0. The lowest BCUT2D eigenvalue weighted by Crippen LogP contribution is -2.32. The molecule has 10 nitrogen and oxygen atoms in total. The Labute approximate surface area is 263 Å². The number of aromatic nitrogens is 1. The van der Waals surface area contributed by atoms with Crippen molar-refractivity contribution in [3.63, 3.8) is 0 Å². The van der Waals surface area contributed by atoms with E-state index in [1.54, 1.807) is 30.3 Å². The van der Waals surface area contributed by atoms with E-state index in [-0.39, 0.29) is 23.2 Å². The largest absolute Gasteiger partial charge is 0.275 e. The molecule has 1 saturated carbocycles. The molecule has 0 bridgehead atoms. The molecule has 1 aliphatic carbocycles. The van der Waals surface area contributed by atoms with E-state index in [9.17, 15) is 25.0 Å². The highest BCUT2D eigenvalue weighted by Crippen LogP contribution is 2.46. The number of nitro benzene ring substituents is 2. The summed E-state index contributed by atoms with van der Waals surface area (Å²) in [7, 11) is 0. The van der Waals surface area contributed by atoms with Crippen LogP contribution >= 0.6 is 0 Å². The Morgan fingerprint density at radius 3 is 2.33 bits per heavy atom. The normalized spacial score (nSPS) is 18.3. The summed E-state index contributed by atoms with van der Waals surface area (Å²) in [5.41, 5.74) is 5.38. The smallest absolute Gasteiger partial charge is 0.267 e. The molecule has 1 amide bonds. The molecule has 10 heteroatoms. The topological polar surface area (TPSA) is 132 Å². The van der Waals surface area contributed by atoms with Gasteiger partial charge < -0.3 is 0 Å². The standard InChI is InChI=1S/C36H27N5O5/c42-36(31-22-33(24-10-2-1-3-11-24)37-32-18-5-4-16-29(31)32)39-35(26-13-7-15-28(21-26)41(45)46)30-17-8-12-25(34(30)38-39)19-23-9-6-14-27(20-23)40(43)44/h1-7,9-11,13-16,18-22,30,35H,8,12,17H2. The third-order valence-corrected chi connectivity index (χ3v) is 8.57. The number of non-ortho nitro benzene ring substituents is 2. The van der Waals surface area contributed by atoms with Gasteiger partial charge in [-0.2, -0.15) is 5.10 Å². The maximum absolute atomic E-state index is 14.7. The van der Waals surface area contributed by atoms with Gasteiger partial charge in [0.2, 0.25) is 0 Å². The summed E-state index contributed by atoms with van der Waals surface area (Å²) in [4.78, 5) is 41.9. The Morgan fingerprint density at radius 1 is 0.826 bits per heavy atom. The fourth-order valence-corrected chi connectivity index (χ4v) is 6.49. The molecule has 0 radical (unpaired) electrons. The average Bonchev–Trinajstić information content (AvgIpc) is 3.49. The van der Waals surface area contributed by atoms with Crippen molar-refractivity contribution in [3.8, 4) is 11.3 Å². The first kappa shape index (κ1) is 28.7. The van der Waals surface area contributed by atoms with Gasteiger partial charge in [0.1, 0.15) is 0 Å². The number of allylic oxidation sites excluding steroid dienone is 1. The number of pyridine rings is 1. The highest BCUT2D eigenvalue weighted by molar-refractivity contribution is 6.12. The van der Waals surface area contributed by atoms with Crippen LogP contribution in [0.4, 0.5) is 11.4 Å². The van der Waals surface area contributed by atoms with Crippen LogP contribution in [0.15, 0.2) is 120 Å². The molecular formula is C36H27N5O5. The van der Waals surface area contributed by atoms with Crippen molar-refractivity contribution in [2.45, 2.75) is 25.3 Å². The van der Waals surface area contributed by atoms with Gasteiger partial charge in [-0.15, -0.1) is 0 Å². The van der Waals surface area contributed by atoms with Gasteiger partial charge >= 0.3 is 0 Å². The minimum absolute atomic E-state index is 0.0138. The number of carbonyl (C=O) groups excluding carboxylic acids is 1. The first-order valence-corrected chi connectivity index (χ1v) is 14.9. The number of hydrogen-bond acceptors (Lipinski definition) is 7. The number of nitrogens with zero attached hydrogens (tertiary/aromatic N) is 5. The minimum Gasteiger partial charge on any atom is -0.267 e. The molecule has 0 spiro atoms. The van der Waals surface area contributed by atoms with Crippen molar-refractivity contribution < 1.29 is 14.6 Å². The molecule has 2 unspecified atom stereocenters. The first-order valence-electron chi connectivity index (χ1n) is 14.9. The van der Waals surface area contributed by atoms with E-state index in [0.29, 0.717) is 51.8 Å². The Hall–Kier alpha value is -6.03. The summed E-state index contributed by atoms with van der Waals surface area (Å²) >= 11 is 0. The molecule has 2 heterocycles. The SMILES string of the molecule is O=C(c1cc(-c2ccccc2)nc2ccccc12)N1N=C2C(=Cc3cccc([N+](=O)[O-])c3)CCCC2C1c1cccc([N+](=O)[O-])c1. The molecule has 1 fully saturated rings. The summed E-state index contributed by atoms with van der Waals surface area (Å²) in [5.74, 6) is -0.574. The van der Waals surface area contributed by atoms with Crippen LogP contribution in [0.25, 0.3) is 28.2 Å². The molecule has 1 aromatic heterocycles. The number of hydrazone groups is 1. The second-order valence-corrected chi connectivity index (χ2v) is 11.4. The zero-order valence-electron chi connectivity index (χ0n) is 24.5. The highest BCUT2D eigenvalue weighted by atomic mass is 16.6. The summed E-state index contributed by atoms with van der Waals surface area (Å²) in [5, 5.41) is 30.3. The molecule has 4 aromatic carbocycles. The highest BCUT2D eigenvalue weighted by Gasteiger charge is 2.44. The first-order chi connectivity index (χ1) is 22.4. The number of amides is 1. The Morgan fingerprint density at radius 2 is 1.54 bits per heavy atom. The van der Waals surface area contributed by atoms with Crippen molar-refractivity contribution in [3.05, 3.63) is 152 Å². The number of nitro groups is 2. The van der Waals surface area contributed by atoms with E-state index in [4.69, 9.17) is 10.1 Å². The molecular weight excluding hydrogens is 582 g/mol. The van der Waals surface area contributed by atoms with Crippen molar-refractivity contribution in [1.29, 1.82) is 0 Å². The molecule has 2 aliphatic rings. The molecule has 2 atom stereocenters. The van der Waals surface area contributed by atoms with Gasteiger partial charge in [0.05, 0.1) is 38.4 Å². The number of hydrogen-bond donors (Lipinski definition) is 0. The quantitative estimate of drug-likeness (QED) is 0.141. The second-order valence-electron chi connectivity index (χ2n) is 11.4. The summed E-state index contributed by atoms with van der Waals surface area (Å²) in [6, 6.07) is 31.1. The number of benzene rings is 4. The number of para-hydroxylation sites is 1. The predicted molar refractivity (Wildman–Crippen MR) is 175 cm³/mol. The molecule has 7 rings (SSSR count). The third kappa shape index (κ3) is 5.30. The van der Waals surface area contributed by atoms with Gasteiger partial charge in [-0.05, 0) is 54.2 Å². The zero-order valence-corrected chi connectivity index (χ0v) is 24.5. The van der Waals surface area contributed by atoms with Crippen LogP contribution in [-0.4, -0.2) is 31.5 Å². The fourth-order valence-electron chi connectivity index (χ4n) is 6.49. The van der Waals surface area contributed by atoms with Gasteiger partial charge in [-0.3, -0.25) is 25.0 Å².